The van der Waals surface area contributed by atoms with E-state index in [0.717, 1.165) is 11.1 Å². The Labute approximate surface area is 95.0 Å². The van der Waals surface area contributed by atoms with Crippen molar-refractivity contribution < 1.29 is 14.6 Å². The first kappa shape index (κ1) is 12.4. The van der Waals surface area contributed by atoms with Gasteiger partial charge < -0.3 is 15.6 Å². The summed E-state index contributed by atoms with van der Waals surface area (Å²) in [7, 11) is 0. The van der Waals surface area contributed by atoms with Gasteiger partial charge in [0.25, 0.3) is 0 Å². The molecule has 0 heterocycles. The van der Waals surface area contributed by atoms with E-state index in [2.05, 4.69) is 0 Å². The van der Waals surface area contributed by atoms with Gasteiger partial charge >= 0.3 is 5.97 Å². The summed E-state index contributed by atoms with van der Waals surface area (Å²) in [5.41, 5.74) is 8.17. The molecule has 0 aromatic heterocycles. The lowest BCUT2D eigenvalue weighted by Crippen LogP contribution is -2.26. The fourth-order valence-electron chi connectivity index (χ4n) is 1.40. The van der Waals surface area contributed by atoms with E-state index in [9.17, 15) is 4.79 Å². The van der Waals surface area contributed by atoms with Gasteiger partial charge in [0.2, 0.25) is 0 Å². The molecular formula is C12H17NO3. The molecule has 88 valence electrons. The van der Waals surface area contributed by atoms with E-state index in [1.54, 1.807) is 19.1 Å². The van der Waals surface area contributed by atoms with Crippen molar-refractivity contribution in [2.24, 2.45) is 0 Å². The molecule has 1 atom stereocenters. The number of benzene rings is 1. The molecule has 0 aliphatic carbocycles. The second-order valence-electron chi connectivity index (χ2n) is 3.83. The summed E-state index contributed by atoms with van der Waals surface area (Å²) in [6, 6.07) is 3.56. The lowest BCUT2D eigenvalue weighted by atomic mass is 10.1. The van der Waals surface area contributed by atoms with E-state index in [-0.39, 0.29) is 0 Å². The van der Waals surface area contributed by atoms with Gasteiger partial charge in [0.15, 0.2) is 6.10 Å². The minimum Gasteiger partial charge on any atom is -0.479 e. The Morgan fingerprint density at radius 2 is 2.06 bits per heavy atom. The van der Waals surface area contributed by atoms with Crippen LogP contribution in [0.3, 0.4) is 0 Å². The number of aryl methyl sites for hydroxylation is 2. The van der Waals surface area contributed by atoms with Gasteiger partial charge in [0, 0.05) is 5.69 Å². The van der Waals surface area contributed by atoms with E-state index >= 15 is 0 Å². The number of hydrogen-bond donors (Lipinski definition) is 2. The highest BCUT2D eigenvalue weighted by Crippen LogP contribution is 2.25. The second-order valence-corrected chi connectivity index (χ2v) is 3.83. The maximum atomic E-state index is 10.8. The minimum absolute atomic E-state index is 0.429. The monoisotopic (exact) mass is 223 g/mol. The molecule has 0 radical (unpaired) electrons. The highest BCUT2D eigenvalue weighted by molar-refractivity contribution is 5.72. The van der Waals surface area contributed by atoms with E-state index < -0.39 is 12.1 Å². The molecule has 0 saturated carbocycles. The number of ether oxygens (including phenoxy) is 1. The van der Waals surface area contributed by atoms with Gasteiger partial charge in [-0.3, -0.25) is 0 Å². The zero-order valence-corrected chi connectivity index (χ0v) is 9.78. The van der Waals surface area contributed by atoms with Crippen LogP contribution >= 0.6 is 0 Å². The lowest BCUT2D eigenvalue weighted by Gasteiger charge is -2.16. The Bertz CT molecular complexity index is 401. The normalized spacial score (nSPS) is 12.2. The maximum absolute atomic E-state index is 10.8. The van der Waals surface area contributed by atoms with Crippen LogP contribution in [0.25, 0.3) is 0 Å². The number of carboxylic acid groups (broad SMARTS) is 1. The zero-order valence-electron chi connectivity index (χ0n) is 9.78. The van der Waals surface area contributed by atoms with E-state index in [4.69, 9.17) is 15.6 Å². The van der Waals surface area contributed by atoms with Crippen molar-refractivity contribution in [3.63, 3.8) is 0 Å². The summed E-state index contributed by atoms with van der Waals surface area (Å²) in [6.07, 6.45) is -0.375. The highest BCUT2D eigenvalue weighted by atomic mass is 16.5. The molecule has 4 heteroatoms. The van der Waals surface area contributed by atoms with Crippen LogP contribution in [-0.2, 0) is 4.79 Å². The highest BCUT2D eigenvalue weighted by Gasteiger charge is 2.18. The largest absolute Gasteiger partial charge is 0.479 e. The van der Waals surface area contributed by atoms with Crippen LogP contribution in [-0.4, -0.2) is 17.2 Å². The second kappa shape index (κ2) is 4.88. The van der Waals surface area contributed by atoms with Crippen LogP contribution in [0.15, 0.2) is 12.1 Å². The summed E-state index contributed by atoms with van der Waals surface area (Å²) in [6.45, 7) is 5.49. The quantitative estimate of drug-likeness (QED) is 0.767. The van der Waals surface area contributed by atoms with Gasteiger partial charge in [-0.15, -0.1) is 0 Å². The van der Waals surface area contributed by atoms with Gasteiger partial charge in [0.1, 0.15) is 5.75 Å². The Kier molecular flexibility index (Phi) is 3.77. The van der Waals surface area contributed by atoms with E-state index in [1.807, 2.05) is 13.8 Å². The number of carbonyl (C=O) groups is 1. The Morgan fingerprint density at radius 1 is 1.44 bits per heavy atom. The van der Waals surface area contributed by atoms with E-state index in [1.165, 1.54) is 0 Å². The number of aliphatic carboxylic acids is 1. The molecular weight excluding hydrogens is 206 g/mol. The number of nitrogen functional groups attached to an aromatic ring is 1. The van der Waals surface area contributed by atoms with Crippen LogP contribution in [0.2, 0.25) is 0 Å². The van der Waals surface area contributed by atoms with Gasteiger partial charge in [-0.1, -0.05) is 6.92 Å². The van der Waals surface area contributed by atoms with Crippen LogP contribution in [0.5, 0.6) is 5.75 Å². The van der Waals surface area contributed by atoms with Gasteiger partial charge in [-0.25, -0.2) is 4.79 Å². The molecule has 0 amide bonds. The summed E-state index contributed by atoms with van der Waals surface area (Å²) < 4.78 is 5.44. The van der Waals surface area contributed by atoms with Crippen LogP contribution < -0.4 is 10.5 Å². The molecule has 1 aromatic rings. The lowest BCUT2D eigenvalue weighted by molar-refractivity contribution is -0.145. The number of hydrogen-bond acceptors (Lipinski definition) is 3. The molecule has 0 bridgehead atoms. The third kappa shape index (κ3) is 2.66. The molecule has 3 N–H and O–H groups in total. The maximum Gasteiger partial charge on any atom is 0.344 e. The van der Waals surface area contributed by atoms with Crippen molar-refractivity contribution in [1.82, 2.24) is 0 Å². The average Bonchev–Trinajstić information content (AvgIpc) is 2.21. The average molecular weight is 223 g/mol. The van der Waals surface area contributed by atoms with Crippen LogP contribution in [0.1, 0.15) is 24.5 Å². The zero-order chi connectivity index (χ0) is 12.3. The molecule has 0 saturated heterocycles. The van der Waals surface area contributed by atoms with Crippen molar-refractivity contribution in [1.29, 1.82) is 0 Å². The standard InChI is InChI=1S/C12H17NO3/c1-4-10(12(14)15)16-11-6-7(2)9(13)5-8(11)3/h5-6,10H,4,13H2,1-3H3,(H,14,15). The van der Waals surface area contributed by atoms with Crippen molar-refractivity contribution >= 4 is 11.7 Å². The molecule has 1 rings (SSSR count). The number of nitrogens with two attached hydrogens (primary N) is 1. The topological polar surface area (TPSA) is 72.5 Å². The predicted octanol–water partition coefficient (Wildman–Crippen LogP) is 2.13. The van der Waals surface area contributed by atoms with Crippen molar-refractivity contribution in [2.45, 2.75) is 33.3 Å². The molecule has 16 heavy (non-hydrogen) atoms. The Morgan fingerprint density at radius 3 is 2.56 bits per heavy atom. The first-order chi connectivity index (χ1) is 7.45. The third-order valence-electron chi connectivity index (χ3n) is 2.48. The number of rotatable bonds is 4. The number of carboxylic acids is 1. The van der Waals surface area contributed by atoms with Crippen LogP contribution in [0, 0.1) is 13.8 Å². The predicted molar refractivity (Wildman–Crippen MR) is 62.7 cm³/mol. The molecule has 4 nitrogen and oxygen atoms in total. The third-order valence-corrected chi connectivity index (χ3v) is 2.48. The van der Waals surface area contributed by atoms with Gasteiger partial charge in [0.05, 0.1) is 0 Å². The molecule has 0 aliphatic rings. The van der Waals surface area contributed by atoms with Crippen molar-refractivity contribution in [3.05, 3.63) is 23.3 Å². The SMILES string of the molecule is CCC(Oc1cc(C)c(N)cc1C)C(=O)O. The summed E-state index contributed by atoms with van der Waals surface area (Å²) in [5.74, 6) is -0.364. The number of anilines is 1. The summed E-state index contributed by atoms with van der Waals surface area (Å²) >= 11 is 0. The summed E-state index contributed by atoms with van der Waals surface area (Å²) in [4.78, 5) is 10.8. The smallest absolute Gasteiger partial charge is 0.344 e. The molecule has 0 spiro atoms. The van der Waals surface area contributed by atoms with Crippen molar-refractivity contribution in [2.75, 3.05) is 5.73 Å². The molecule has 0 fully saturated rings. The summed E-state index contributed by atoms with van der Waals surface area (Å²) in [5, 5.41) is 8.90. The van der Waals surface area contributed by atoms with Crippen LogP contribution in [0.4, 0.5) is 5.69 Å². The van der Waals surface area contributed by atoms with Crippen molar-refractivity contribution in [3.8, 4) is 5.75 Å². The fraction of sp³-hybridized carbons (Fsp3) is 0.417. The Hall–Kier alpha value is -1.71. The molecule has 0 aliphatic heterocycles. The molecule has 1 aromatic carbocycles. The molecule has 1 unspecified atom stereocenters. The van der Waals surface area contributed by atoms with Gasteiger partial charge in [-0.2, -0.15) is 0 Å². The minimum atomic E-state index is -0.948. The first-order valence-corrected chi connectivity index (χ1v) is 5.21. The fourth-order valence-corrected chi connectivity index (χ4v) is 1.40. The first-order valence-electron chi connectivity index (χ1n) is 5.21. The Balaban J connectivity index is 2.96. The van der Waals surface area contributed by atoms with E-state index in [0.29, 0.717) is 17.9 Å². The van der Waals surface area contributed by atoms with Gasteiger partial charge in [-0.05, 0) is 43.5 Å².